The molecule has 0 amide bonds. The Labute approximate surface area is 129 Å². The third-order valence-electron chi connectivity index (χ3n) is 3.72. The van der Waals surface area contributed by atoms with Gasteiger partial charge in [-0.2, -0.15) is 0 Å². The normalized spacial score (nSPS) is 18.0. The van der Waals surface area contributed by atoms with Crippen molar-refractivity contribution in [3.8, 4) is 11.5 Å². The van der Waals surface area contributed by atoms with E-state index in [0.29, 0.717) is 24.0 Å². The van der Waals surface area contributed by atoms with Crippen LogP contribution in [0, 0.1) is 0 Å². The molecule has 1 aliphatic heterocycles. The van der Waals surface area contributed by atoms with Crippen LogP contribution in [-0.2, 0) is 0 Å². The Balaban J connectivity index is 1.69. The standard InChI is InChI=1S/C17H18ClNO2/c1-11(19)12-6-7-17(15(18)8-12)21-10-13-9-20-16-5-3-2-4-14(13)16/h2-8,11,13H,9-10,19H2,1H3/t11-,13?/m1/s1. The molecule has 1 aliphatic rings. The molecular formula is C17H18ClNO2. The van der Waals surface area contributed by atoms with Crippen LogP contribution in [0.25, 0.3) is 0 Å². The lowest BCUT2D eigenvalue weighted by molar-refractivity contribution is 0.248. The van der Waals surface area contributed by atoms with E-state index in [0.717, 1.165) is 11.3 Å². The predicted molar refractivity (Wildman–Crippen MR) is 84.2 cm³/mol. The highest BCUT2D eigenvalue weighted by atomic mass is 35.5. The molecule has 21 heavy (non-hydrogen) atoms. The van der Waals surface area contributed by atoms with Gasteiger partial charge in [0.05, 0.1) is 24.2 Å². The molecule has 0 aliphatic carbocycles. The molecule has 0 fully saturated rings. The van der Waals surface area contributed by atoms with Crippen LogP contribution in [0.1, 0.15) is 30.0 Å². The SMILES string of the molecule is C[C@@H](N)c1ccc(OCC2COc3ccccc32)c(Cl)c1. The summed E-state index contributed by atoms with van der Waals surface area (Å²) in [5, 5.41) is 0.594. The Morgan fingerprint density at radius 1 is 1.33 bits per heavy atom. The molecule has 0 saturated carbocycles. The Bertz CT molecular complexity index is 642. The van der Waals surface area contributed by atoms with E-state index in [-0.39, 0.29) is 12.0 Å². The molecule has 0 spiro atoms. The molecule has 1 unspecified atom stereocenters. The summed E-state index contributed by atoms with van der Waals surface area (Å²) >= 11 is 6.25. The number of hydrogen-bond acceptors (Lipinski definition) is 3. The number of fused-ring (bicyclic) bond motifs is 1. The molecule has 0 aromatic heterocycles. The fourth-order valence-electron chi connectivity index (χ4n) is 2.48. The van der Waals surface area contributed by atoms with E-state index in [1.807, 2.05) is 43.3 Å². The number of rotatable bonds is 4. The number of ether oxygens (including phenoxy) is 2. The van der Waals surface area contributed by atoms with Gasteiger partial charge in [0.25, 0.3) is 0 Å². The maximum Gasteiger partial charge on any atom is 0.137 e. The molecular weight excluding hydrogens is 286 g/mol. The predicted octanol–water partition coefficient (Wildman–Crippen LogP) is 3.91. The summed E-state index contributed by atoms with van der Waals surface area (Å²) in [5.41, 5.74) is 8.04. The maximum absolute atomic E-state index is 6.25. The minimum absolute atomic E-state index is 0.0355. The third kappa shape index (κ3) is 2.99. The molecule has 3 nitrogen and oxygen atoms in total. The van der Waals surface area contributed by atoms with Crippen molar-refractivity contribution in [1.29, 1.82) is 0 Å². The van der Waals surface area contributed by atoms with Crippen molar-refractivity contribution in [3.05, 3.63) is 58.6 Å². The van der Waals surface area contributed by atoms with Gasteiger partial charge in [-0.25, -0.2) is 0 Å². The van der Waals surface area contributed by atoms with Crippen LogP contribution in [0.5, 0.6) is 11.5 Å². The quantitative estimate of drug-likeness (QED) is 0.931. The zero-order valence-electron chi connectivity index (χ0n) is 11.9. The van der Waals surface area contributed by atoms with Gasteiger partial charge in [-0.3, -0.25) is 0 Å². The average Bonchev–Trinajstić information content (AvgIpc) is 2.89. The van der Waals surface area contributed by atoms with Gasteiger partial charge in [0, 0.05) is 11.6 Å². The largest absolute Gasteiger partial charge is 0.493 e. The van der Waals surface area contributed by atoms with E-state index in [4.69, 9.17) is 26.8 Å². The van der Waals surface area contributed by atoms with Crippen molar-refractivity contribution in [1.82, 2.24) is 0 Å². The van der Waals surface area contributed by atoms with Crippen LogP contribution in [0.3, 0.4) is 0 Å². The minimum Gasteiger partial charge on any atom is -0.493 e. The van der Waals surface area contributed by atoms with Gasteiger partial charge in [0.2, 0.25) is 0 Å². The van der Waals surface area contributed by atoms with Crippen LogP contribution in [0.4, 0.5) is 0 Å². The first kappa shape index (κ1) is 14.2. The lowest BCUT2D eigenvalue weighted by Gasteiger charge is -2.14. The monoisotopic (exact) mass is 303 g/mol. The van der Waals surface area contributed by atoms with E-state index in [2.05, 4.69) is 6.07 Å². The molecule has 3 rings (SSSR count). The van der Waals surface area contributed by atoms with Crippen molar-refractivity contribution < 1.29 is 9.47 Å². The maximum atomic E-state index is 6.25. The molecule has 2 aromatic carbocycles. The highest BCUT2D eigenvalue weighted by Gasteiger charge is 2.24. The van der Waals surface area contributed by atoms with Gasteiger partial charge in [-0.1, -0.05) is 35.9 Å². The van der Waals surface area contributed by atoms with Gasteiger partial charge in [-0.15, -0.1) is 0 Å². The zero-order valence-corrected chi connectivity index (χ0v) is 12.6. The van der Waals surface area contributed by atoms with Crippen LogP contribution in [0.15, 0.2) is 42.5 Å². The molecule has 0 saturated heterocycles. The smallest absolute Gasteiger partial charge is 0.137 e. The summed E-state index contributed by atoms with van der Waals surface area (Å²) < 4.78 is 11.5. The summed E-state index contributed by atoms with van der Waals surface area (Å²) in [6.07, 6.45) is 0. The fraction of sp³-hybridized carbons (Fsp3) is 0.294. The summed E-state index contributed by atoms with van der Waals surface area (Å²) in [4.78, 5) is 0. The minimum atomic E-state index is -0.0355. The van der Waals surface area contributed by atoms with Crippen molar-refractivity contribution in [2.24, 2.45) is 5.73 Å². The Morgan fingerprint density at radius 3 is 2.90 bits per heavy atom. The van der Waals surface area contributed by atoms with E-state index in [1.54, 1.807) is 0 Å². The van der Waals surface area contributed by atoms with Crippen LogP contribution in [0.2, 0.25) is 5.02 Å². The van der Waals surface area contributed by atoms with E-state index in [9.17, 15) is 0 Å². The molecule has 0 bridgehead atoms. The van der Waals surface area contributed by atoms with Crippen molar-refractivity contribution >= 4 is 11.6 Å². The second-order valence-corrected chi connectivity index (χ2v) is 5.74. The average molecular weight is 304 g/mol. The number of halogens is 1. The second kappa shape index (κ2) is 5.96. The van der Waals surface area contributed by atoms with E-state index in [1.165, 1.54) is 5.56 Å². The van der Waals surface area contributed by atoms with E-state index >= 15 is 0 Å². The summed E-state index contributed by atoms with van der Waals surface area (Å²) in [7, 11) is 0. The third-order valence-corrected chi connectivity index (χ3v) is 4.02. The zero-order chi connectivity index (χ0) is 14.8. The first-order valence-electron chi connectivity index (χ1n) is 7.04. The Hall–Kier alpha value is -1.71. The lowest BCUT2D eigenvalue weighted by Crippen LogP contribution is -2.12. The van der Waals surface area contributed by atoms with Crippen LogP contribution >= 0.6 is 11.6 Å². The summed E-state index contributed by atoms with van der Waals surface area (Å²) in [6.45, 7) is 3.13. The molecule has 1 heterocycles. The summed E-state index contributed by atoms with van der Waals surface area (Å²) in [6, 6.07) is 13.7. The number of benzene rings is 2. The molecule has 0 radical (unpaired) electrons. The van der Waals surface area contributed by atoms with Crippen LogP contribution < -0.4 is 15.2 Å². The van der Waals surface area contributed by atoms with E-state index < -0.39 is 0 Å². The van der Waals surface area contributed by atoms with Gasteiger partial charge in [0.1, 0.15) is 11.5 Å². The fourth-order valence-corrected chi connectivity index (χ4v) is 2.72. The Morgan fingerprint density at radius 2 is 2.14 bits per heavy atom. The molecule has 2 atom stereocenters. The van der Waals surface area contributed by atoms with Crippen LogP contribution in [-0.4, -0.2) is 13.2 Å². The van der Waals surface area contributed by atoms with Gasteiger partial charge < -0.3 is 15.2 Å². The van der Waals surface area contributed by atoms with Crippen molar-refractivity contribution in [2.45, 2.75) is 18.9 Å². The first-order chi connectivity index (χ1) is 10.1. The molecule has 110 valence electrons. The van der Waals surface area contributed by atoms with Crippen molar-refractivity contribution in [3.63, 3.8) is 0 Å². The lowest BCUT2D eigenvalue weighted by atomic mass is 10.0. The van der Waals surface area contributed by atoms with Gasteiger partial charge in [-0.05, 0) is 30.7 Å². The highest BCUT2D eigenvalue weighted by molar-refractivity contribution is 6.32. The van der Waals surface area contributed by atoms with Gasteiger partial charge >= 0.3 is 0 Å². The molecule has 4 heteroatoms. The van der Waals surface area contributed by atoms with Crippen molar-refractivity contribution in [2.75, 3.05) is 13.2 Å². The van der Waals surface area contributed by atoms with Gasteiger partial charge in [0.15, 0.2) is 0 Å². The Kier molecular flexibility index (Phi) is 4.04. The first-order valence-corrected chi connectivity index (χ1v) is 7.42. The number of nitrogens with two attached hydrogens (primary N) is 1. The highest BCUT2D eigenvalue weighted by Crippen LogP contribution is 2.35. The summed E-state index contributed by atoms with van der Waals surface area (Å²) in [5.74, 6) is 1.88. The topological polar surface area (TPSA) is 44.5 Å². The number of hydrogen-bond donors (Lipinski definition) is 1. The number of para-hydroxylation sites is 1. The second-order valence-electron chi connectivity index (χ2n) is 5.34. The molecule has 2 N–H and O–H groups in total. The molecule has 2 aromatic rings.